The van der Waals surface area contributed by atoms with Crippen molar-refractivity contribution in [2.75, 3.05) is 0 Å². The van der Waals surface area contributed by atoms with Gasteiger partial charge in [-0.3, -0.25) is 10.2 Å². The average Bonchev–Trinajstić information content (AvgIpc) is 2.42. The SMILES string of the molecule is CC(C)C1(C(=O)NC(C)(C)C)NNC(=O)N1N. The fourth-order valence-electron chi connectivity index (χ4n) is 1.72. The second kappa shape index (κ2) is 4.15. The van der Waals surface area contributed by atoms with E-state index in [1.165, 1.54) is 0 Å². The van der Waals surface area contributed by atoms with Gasteiger partial charge in [-0.15, -0.1) is 0 Å². The number of nitrogens with zero attached hydrogens (tertiary/aromatic N) is 1. The molecule has 0 spiro atoms. The molecule has 3 amide bonds. The molecular weight excluding hydrogens is 222 g/mol. The van der Waals surface area contributed by atoms with Crippen LogP contribution in [0.5, 0.6) is 0 Å². The standard InChI is InChI=1S/C10H21N5O2/c1-6(2)10(7(16)12-9(3,4)5)14-13-8(17)15(10)11/h6,14H,11H2,1-5H3,(H,12,16)(H,13,17). The largest absolute Gasteiger partial charge is 0.348 e. The van der Waals surface area contributed by atoms with E-state index in [0.29, 0.717) is 0 Å². The van der Waals surface area contributed by atoms with E-state index in [0.717, 1.165) is 5.01 Å². The Hall–Kier alpha value is -1.34. The molecule has 7 nitrogen and oxygen atoms in total. The summed E-state index contributed by atoms with van der Waals surface area (Å²) in [6.45, 7) is 9.22. The van der Waals surface area contributed by atoms with Crippen molar-refractivity contribution in [3.05, 3.63) is 0 Å². The second-order valence-corrected chi connectivity index (χ2v) is 5.55. The third-order valence-corrected chi connectivity index (χ3v) is 2.63. The van der Waals surface area contributed by atoms with Crippen molar-refractivity contribution in [2.24, 2.45) is 11.8 Å². The van der Waals surface area contributed by atoms with Crippen molar-refractivity contribution in [3.63, 3.8) is 0 Å². The number of hydrogen-bond acceptors (Lipinski definition) is 4. The summed E-state index contributed by atoms with van der Waals surface area (Å²) in [6.07, 6.45) is 0. The molecule has 1 unspecified atom stereocenters. The maximum atomic E-state index is 12.3. The fourth-order valence-corrected chi connectivity index (χ4v) is 1.72. The molecule has 1 atom stereocenters. The first-order valence-corrected chi connectivity index (χ1v) is 5.56. The lowest BCUT2D eigenvalue weighted by Crippen LogP contribution is -2.69. The van der Waals surface area contributed by atoms with Crippen LogP contribution in [0.15, 0.2) is 0 Å². The number of carbonyl (C=O) groups excluding carboxylic acids is 2. The molecule has 0 aliphatic carbocycles. The zero-order valence-electron chi connectivity index (χ0n) is 10.9. The summed E-state index contributed by atoms with van der Waals surface area (Å²) in [4.78, 5) is 23.7. The van der Waals surface area contributed by atoms with Gasteiger partial charge in [-0.2, -0.15) is 5.43 Å². The van der Waals surface area contributed by atoms with Crippen molar-refractivity contribution in [2.45, 2.75) is 45.8 Å². The lowest BCUT2D eigenvalue weighted by Gasteiger charge is -2.37. The molecule has 0 saturated carbocycles. The van der Waals surface area contributed by atoms with Gasteiger partial charge in [0, 0.05) is 11.5 Å². The van der Waals surface area contributed by atoms with E-state index in [-0.39, 0.29) is 11.8 Å². The summed E-state index contributed by atoms with van der Waals surface area (Å²) in [5.41, 5.74) is 3.38. The van der Waals surface area contributed by atoms with Crippen molar-refractivity contribution < 1.29 is 9.59 Å². The van der Waals surface area contributed by atoms with E-state index < -0.39 is 17.2 Å². The number of nitrogens with one attached hydrogen (secondary N) is 3. The van der Waals surface area contributed by atoms with Crippen molar-refractivity contribution in [1.29, 1.82) is 0 Å². The van der Waals surface area contributed by atoms with E-state index in [1.807, 2.05) is 34.6 Å². The van der Waals surface area contributed by atoms with Crippen molar-refractivity contribution >= 4 is 11.9 Å². The number of nitrogens with two attached hydrogens (primary N) is 1. The molecule has 17 heavy (non-hydrogen) atoms. The van der Waals surface area contributed by atoms with E-state index >= 15 is 0 Å². The van der Waals surface area contributed by atoms with Crippen LogP contribution in [0, 0.1) is 5.92 Å². The minimum atomic E-state index is -1.26. The Bertz CT molecular complexity index is 336. The molecule has 1 heterocycles. The summed E-state index contributed by atoms with van der Waals surface area (Å²) in [6, 6.07) is -0.525. The molecule has 98 valence electrons. The van der Waals surface area contributed by atoms with Crippen LogP contribution in [0.1, 0.15) is 34.6 Å². The van der Waals surface area contributed by atoms with Crippen LogP contribution in [0.4, 0.5) is 4.79 Å². The Morgan fingerprint density at radius 3 is 2.29 bits per heavy atom. The topological polar surface area (TPSA) is 99.5 Å². The number of rotatable bonds is 2. The molecule has 1 fully saturated rings. The number of urea groups is 1. The van der Waals surface area contributed by atoms with Crippen LogP contribution in [-0.2, 0) is 4.79 Å². The number of hydrogen-bond donors (Lipinski definition) is 4. The average molecular weight is 243 g/mol. The molecule has 0 aromatic heterocycles. The first-order valence-electron chi connectivity index (χ1n) is 5.56. The quantitative estimate of drug-likeness (QED) is 0.394. The highest BCUT2D eigenvalue weighted by Crippen LogP contribution is 2.23. The number of amides is 3. The van der Waals surface area contributed by atoms with Gasteiger partial charge in [0.1, 0.15) is 0 Å². The van der Waals surface area contributed by atoms with Crippen LogP contribution in [0.25, 0.3) is 0 Å². The highest BCUT2D eigenvalue weighted by molar-refractivity contribution is 5.93. The van der Waals surface area contributed by atoms with Gasteiger partial charge >= 0.3 is 6.03 Å². The Morgan fingerprint density at radius 2 is 2.00 bits per heavy atom. The van der Waals surface area contributed by atoms with Crippen LogP contribution >= 0.6 is 0 Å². The van der Waals surface area contributed by atoms with Gasteiger partial charge < -0.3 is 5.32 Å². The highest BCUT2D eigenvalue weighted by Gasteiger charge is 2.53. The minimum absolute atomic E-state index is 0.186. The van der Waals surface area contributed by atoms with Gasteiger partial charge in [0.2, 0.25) is 5.66 Å². The van der Waals surface area contributed by atoms with E-state index in [1.54, 1.807) is 0 Å². The summed E-state index contributed by atoms with van der Waals surface area (Å²) in [5, 5.41) is 3.72. The smallest absolute Gasteiger partial charge is 0.348 e. The third-order valence-electron chi connectivity index (χ3n) is 2.63. The molecular formula is C10H21N5O2. The van der Waals surface area contributed by atoms with Crippen LogP contribution in [-0.4, -0.2) is 28.1 Å². The summed E-state index contributed by atoms with van der Waals surface area (Å²) in [5.74, 6) is 5.16. The molecule has 1 aliphatic rings. The molecule has 1 aliphatic heterocycles. The third kappa shape index (κ3) is 2.34. The van der Waals surface area contributed by atoms with Crippen LogP contribution in [0.3, 0.4) is 0 Å². The molecule has 1 saturated heterocycles. The summed E-state index contributed by atoms with van der Waals surface area (Å²) in [7, 11) is 0. The van der Waals surface area contributed by atoms with E-state index in [9.17, 15) is 9.59 Å². The molecule has 0 aromatic carbocycles. The van der Waals surface area contributed by atoms with Crippen LogP contribution < -0.4 is 22.0 Å². The van der Waals surface area contributed by atoms with Crippen molar-refractivity contribution in [3.8, 4) is 0 Å². The molecule has 1 rings (SSSR count). The van der Waals surface area contributed by atoms with Gasteiger partial charge in [-0.25, -0.2) is 15.6 Å². The molecule has 7 heteroatoms. The van der Waals surface area contributed by atoms with Crippen molar-refractivity contribution in [1.82, 2.24) is 21.2 Å². The summed E-state index contributed by atoms with van der Waals surface area (Å²) >= 11 is 0. The highest BCUT2D eigenvalue weighted by atomic mass is 16.2. The summed E-state index contributed by atoms with van der Waals surface area (Å²) < 4.78 is 0. The Morgan fingerprint density at radius 1 is 1.47 bits per heavy atom. The zero-order valence-corrected chi connectivity index (χ0v) is 10.9. The Kier molecular flexibility index (Phi) is 3.35. The van der Waals surface area contributed by atoms with E-state index in [2.05, 4.69) is 16.2 Å². The molecule has 0 aromatic rings. The lowest BCUT2D eigenvalue weighted by atomic mass is 9.94. The van der Waals surface area contributed by atoms with Crippen LogP contribution in [0.2, 0.25) is 0 Å². The first kappa shape index (κ1) is 13.7. The normalized spacial score (nSPS) is 25.1. The maximum absolute atomic E-state index is 12.3. The molecule has 0 radical (unpaired) electrons. The van der Waals surface area contributed by atoms with Gasteiger partial charge in [-0.1, -0.05) is 13.8 Å². The Balaban J connectivity index is 3.02. The Labute approximate surface area is 101 Å². The second-order valence-electron chi connectivity index (χ2n) is 5.55. The van der Waals surface area contributed by atoms with Gasteiger partial charge in [0.15, 0.2) is 0 Å². The first-order chi connectivity index (χ1) is 7.61. The fraction of sp³-hybridized carbons (Fsp3) is 0.800. The predicted molar refractivity (Wildman–Crippen MR) is 63.2 cm³/mol. The number of carbonyl (C=O) groups is 2. The van der Waals surface area contributed by atoms with Gasteiger partial charge in [-0.05, 0) is 20.8 Å². The van der Waals surface area contributed by atoms with Gasteiger partial charge in [0.25, 0.3) is 5.91 Å². The van der Waals surface area contributed by atoms with Gasteiger partial charge in [0.05, 0.1) is 0 Å². The van der Waals surface area contributed by atoms with E-state index in [4.69, 9.17) is 5.84 Å². The maximum Gasteiger partial charge on any atom is 0.348 e. The molecule has 5 N–H and O–H groups in total. The monoisotopic (exact) mass is 243 g/mol. The predicted octanol–water partition coefficient (Wildman–Crippen LogP) is -0.343. The molecule has 0 bridgehead atoms. The lowest BCUT2D eigenvalue weighted by molar-refractivity contribution is -0.137. The minimum Gasteiger partial charge on any atom is -0.348 e. The number of hydrazine groups is 2. The zero-order chi connectivity index (χ0) is 13.4.